The van der Waals surface area contributed by atoms with E-state index in [2.05, 4.69) is 4.74 Å². The Hall–Kier alpha value is -1.52. The molecule has 0 aliphatic carbocycles. The maximum Gasteiger partial charge on any atom is 0.402 e. The number of rotatable bonds is 4. The Morgan fingerprint density at radius 1 is 1.14 bits per heavy atom. The minimum absolute atomic E-state index is 0.0611. The molecule has 1 aromatic carbocycles. The van der Waals surface area contributed by atoms with Crippen molar-refractivity contribution in [3.63, 3.8) is 0 Å². The molecule has 0 bridgehead atoms. The molecule has 1 unspecified atom stereocenters. The van der Waals surface area contributed by atoms with Gasteiger partial charge in [0.05, 0.1) is 6.61 Å². The van der Waals surface area contributed by atoms with Crippen LogP contribution in [0.15, 0.2) is 24.3 Å². The number of alkyl halides is 3. The summed E-state index contributed by atoms with van der Waals surface area (Å²) in [4.78, 5) is 11.5. The Labute approximate surface area is 123 Å². The van der Waals surface area contributed by atoms with Crippen molar-refractivity contribution < 1.29 is 22.7 Å². The summed E-state index contributed by atoms with van der Waals surface area (Å²) >= 11 is 0. The van der Waals surface area contributed by atoms with Crippen molar-refractivity contribution in [3.8, 4) is 0 Å². The van der Waals surface area contributed by atoms with Gasteiger partial charge in [0, 0.05) is 0 Å². The molecule has 21 heavy (non-hydrogen) atoms. The quantitative estimate of drug-likeness (QED) is 0.776. The van der Waals surface area contributed by atoms with E-state index < -0.39 is 24.5 Å². The van der Waals surface area contributed by atoms with Crippen molar-refractivity contribution >= 4 is 5.97 Å². The molecular weight excluding hydrogens is 281 g/mol. The second kappa shape index (κ2) is 6.50. The molecule has 0 heterocycles. The molecular formula is C16H21F3O2. The summed E-state index contributed by atoms with van der Waals surface area (Å²) in [6.45, 7) is 7.51. The summed E-state index contributed by atoms with van der Waals surface area (Å²) in [5.41, 5.74) is 1.44. The first-order valence-electron chi connectivity index (χ1n) is 6.88. The van der Waals surface area contributed by atoms with Gasteiger partial charge in [0.1, 0.15) is 0 Å². The third kappa shape index (κ3) is 5.06. The molecule has 0 amide bonds. The predicted octanol–water partition coefficient (Wildman–Crippen LogP) is 4.27. The van der Waals surface area contributed by atoms with Crippen LogP contribution in [0.5, 0.6) is 0 Å². The van der Waals surface area contributed by atoms with Gasteiger partial charge in [-0.3, -0.25) is 4.79 Å². The fourth-order valence-corrected chi connectivity index (χ4v) is 1.95. The molecule has 1 aromatic rings. The first-order chi connectivity index (χ1) is 9.55. The average Bonchev–Trinajstić information content (AvgIpc) is 2.34. The summed E-state index contributed by atoms with van der Waals surface area (Å²) in [6, 6.07) is 6.87. The van der Waals surface area contributed by atoms with Crippen molar-refractivity contribution in [2.75, 3.05) is 6.61 Å². The summed E-state index contributed by atoms with van der Waals surface area (Å²) < 4.78 is 43.4. The minimum Gasteiger partial charge on any atom is -0.466 e. The molecule has 0 N–H and O–H groups in total. The summed E-state index contributed by atoms with van der Waals surface area (Å²) in [5, 5.41) is 0. The molecule has 0 saturated carbocycles. The second-order valence-electron chi connectivity index (χ2n) is 6.00. The van der Waals surface area contributed by atoms with Crippen molar-refractivity contribution in [2.24, 2.45) is 5.92 Å². The van der Waals surface area contributed by atoms with Gasteiger partial charge >= 0.3 is 12.1 Å². The monoisotopic (exact) mass is 302 g/mol. The average molecular weight is 302 g/mol. The fraction of sp³-hybridized carbons (Fsp3) is 0.562. The van der Waals surface area contributed by atoms with E-state index in [9.17, 15) is 18.0 Å². The van der Waals surface area contributed by atoms with E-state index >= 15 is 0 Å². The summed E-state index contributed by atoms with van der Waals surface area (Å²) in [5.74, 6) is -3.33. The number of benzene rings is 1. The molecule has 0 aliphatic heterocycles. The highest BCUT2D eigenvalue weighted by molar-refractivity contribution is 5.73. The Balaban J connectivity index is 2.92. The molecule has 2 nitrogen and oxygen atoms in total. The molecule has 5 heteroatoms. The van der Waals surface area contributed by atoms with Crippen LogP contribution in [0.1, 0.15) is 38.8 Å². The number of hydrogen-bond acceptors (Lipinski definition) is 2. The van der Waals surface area contributed by atoms with E-state index in [1.165, 1.54) is 6.92 Å². The number of carbonyl (C=O) groups excluding carboxylic acids is 1. The standard InChI is InChI=1S/C16H21F3O2/c1-5-21-14(20)13(16(17,18)19)10-11-6-8-12(9-7-11)15(2,3)4/h6-9,13H,5,10H2,1-4H3. The maximum atomic E-state index is 12.9. The van der Waals surface area contributed by atoms with Crippen LogP contribution < -0.4 is 0 Å². The van der Waals surface area contributed by atoms with E-state index in [4.69, 9.17) is 0 Å². The van der Waals surface area contributed by atoms with Crippen LogP contribution in [0, 0.1) is 5.92 Å². The minimum atomic E-state index is -4.60. The van der Waals surface area contributed by atoms with Crippen LogP contribution in [0.2, 0.25) is 0 Å². The third-order valence-corrected chi connectivity index (χ3v) is 3.23. The van der Waals surface area contributed by atoms with Gasteiger partial charge in [0.25, 0.3) is 0 Å². The first-order valence-corrected chi connectivity index (χ1v) is 6.88. The molecule has 0 aromatic heterocycles. The Morgan fingerprint density at radius 2 is 1.67 bits per heavy atom. The van der Waals surface area contributed by atoms with Gasteiger partial charge < -0.3 is 4.74 Å². The van der Waals surface area contributed by atoms with Crippen LogP contribution in [-0.2, 0) is 21.4 Å². The largest absolute Gasteiger partial charge is 0.466 e. The van der Waals surface area contributed by atoms with Crippen molar-refractivity contribution in [1.29, 1.82) is 0 Å². The van der Waals surface area contributed by atoms with E-state index in [1.54, 1.807) is 24.3 Å². The van der Waals surface area contributed by atoms with Gasteiger partial charge in [-0.1, -0.05) is 45.0 Å². The molecule has 118 valence electrons. The molecule has 1 atom stereocenters. The van der Waals surface area contributed by atoms with Gasteiger partial charge in [0.15, 0.2) is 5.92 Å². The highest BCUT2D eigenvalue weighted by Crippen LogP contribution is 2.31. The zero-order valence-electron chi connectivity index (χ0n) is 12.8. The lowest BCUT2D eigenvalue weighted by Gasteiger charge is -2.21. The van der Waals surface area contributed by atoms with E-state index in [0.29, 0.717) is 5.56 Å². The SMILES string of the molecule is CCOC(=O)C(Cc1ccc(C(C)(C)C)cc1)C(F)(F)F. The lowest BCUT2D eigenvalue weighted by molar-refractivity contribution is -0.197. The number of hydrogen-bond donors (Lipinski definition) is 0. The number of esters is 1. The van der Waals surface area contributed by atoms with Crippen LogP contribution in [0.25, 0.3) is 0 Å². The number of ether oxygens (including phenoxy) is 1. The van der Waals surface area contributed by atoms with Crippen LogP contribution in [-0.4, -0.2) is 18.8 Å². The molecule has 0 fully saturated rings. The van der Waals surface area contributed by atoms with Crippen LogP contribution >= 0.6 is 0 Å². The lowest BCUT2D eigenvalue weighted by atomic mass is 9.86. The fourth-order valence-electron chi connectivity index (χ4n) is 1.95. The van der Waals surface area contributed by atoms with Gasteiger partial charge in [-0.05, 0) is 29.9 Å². The van der Waals surface area contributed by atoms with Crippen LogP contribution in [0.3, 0.4) is 0 Å². The summed E-state index contributed by atoms with van der Waals surface area (Å²) in [6.07, 6.45) is -5.00. The van der Waals surface area contributed by atoms with Crippen molar-refractivity contribution in [3.05, 3.63) is 35.4 Å². The number of carbonyl (C=O) groups is 1. The lowest BCUT2D eigenvalue weighted by Crippen LogP contribution is -2.34. The van der Waals surface area contributed by atoms with Gasteiger partial charge in [0.2, 0.25) is 0 Å². The van der Waals surface area contributed by atoms with Gasteiger partial charge in [-0.2, -0.15) is 13.2 Å². The molecule has 0 spiro atoms. The van der Waals surface area contributed by atoms with E-state index in [1.807, 2.05) is 20.8 Å². The molecule has 0 radical (unpaired) electrons. The summed E-state index contributed by atoms with van der Waals surface area (Å²) in [7, 11) is 0. The predicted molar refractivity (Wildman–Crippen MR) is 75.0 cm³/mol. The van der Waals surface area contributed by atoms with Gasteiger partial charge in [-0.25, -0.2) is 0 Å². The third-order valence-electron chi connectivity index (χ3n) is 3.23. The number of halogens is 3. The van der Waals surface area contributed by atoms with E-state index in [-0.39, 0.29) is 12.0 Å². The van der Waals surface area contributed by atoms with Crippen LogP contribution in [0.4, 0.5) is 13.2 Å². The second-order valence-corrected chi connectivity index (χ2v) is 6.00. The highest BCUT2D eigenvalue weighted by Gasteiger charge is 2.45. The first kappa shape index (κ1) is 17.5. The molecule has 0 saturated heterocycles. The highest BCUT2D eigenvalue weighted by atomic mass is 19.4. The Kier molecular flexibility index (Phi) is 5.42. The van der Waals surface area contributed by atoms with Crippen molar-refractivity contribution in [1.82, 2.24) is 0 Å². The molecule has 0 aliphatic rings. The zero-order chi connectivity index (χ0) is 16.3. The normalized spacial score (nSPS) is 13.9. The van der Waals surface area contributed by atoms with E-state index in [0.717, 1.165) is 5.56 Å². The molecule has 1 rings (SSSR count). The van der Waals surface area contributed by atoms with Gasteiger partial charge in [-0.15, -0.1) is 0 Å². The Morgan fingerprint density at radius 3 is 2.05 bits per heavy atom. The smallest absolute Gasteiger partial charge is 0.402 e. The maximum absolute atomic E-state index is 12.9. The zero-order valence-corrected chi connectivity index (χ0v) is 12.8. The topological polar surface area (TPSA) is 26.3 Å². The van der Waals surface area contributed by atoms with Crippen molar-refractivity contribution in [2.45, 2.75) is 45.7 Å². The Bertz CT molecular complexity index is 470.